The smallest absolute Gasteiger partial charge is 0.306 e. The molecular formula is C64H114O6. The first-order valence-corrected chi connectivity index (χ1v) is 30.3. The lowest BCUT2D eigenvalue weighted by atomic mass is 10.0. The number of hydrogen-bond donors (Lipinski definition) is 0. The Balaban J connectivity index is 4.34. The summed E-state index contributed by atoms with van der Waals surface area (Å²) in [6, 6.07) is 0. The maximum Gasteiger partial charge on any atom is 0.306 e. The molecule has 0 rings (SSSR count). The first kappa shape index (κ1) is 67.1. The van der Waals surface area contributed by atoms with E-state index in [1.54, 1.807) is 0 Å². The lowest BCUT2D eigenvalue weighted by Crippen LogP contribution is -2.30. The van der Waals surface area contributed by atoms with E-state index in [2.05, 4.69) is 81.5 Å². The summed E-state index contributed by atoms with van der Waals surface area (Å²) in [5.41, 5.74) is 0. The Kier molecular flexibility index (Phi) is 56.3. The average molecular weight is 980 g/mol. The van der Waals surface area contributed by atoms with Crippen LogP contribution in [0.25, 0.3) is 0 Å². The molecule has 0 N–H and O–H groups in total. The molecule has 0 spiro atoms. The molecular weight excluding hydrogens is 865 g/mol. The lowest BCUT2D eigenvalue weighted by Gasteiger charge is -2.18. The standard InChI is InChI=1S/C64H114O6/c1-4-7-10-13-16-19-22-25-27-29-31-32-33-35-36-39-42-45-48-51-54-57-63(66)69-60-61(59-68-62(65)56-53-50-47-44-41-38-24-21-18-15-12-9-6-3)70-64(67)58-55-52-49-46-43-40-37-34-30-28-26-23-20-17-14-11-8-5-2/h9,12,18,20-21,23,28,30,38,41,61H,4-8,10-11,13-17,19,22,24-27,29,31-37,39-40,42-60H2,1-3H3/b12-9-,21-18-,23-20-,30-28-,41-38-. The summed E-state index contributed by atoms with van der Waals surface area (Å²) in [5, 5.41) is 0. The molecule has 1 atom stereocenters. The molecule has 406 valence electrons. The zero-order valence-electron chi connectivity index (χ0n) is 46.5. The van der Waals surface area contributed by atoms with Gasteiger partial charge in [0.1, 0.15) is 13.2 Å². The van der Waals surface area contributed by atoms with E-state index in [0.717, 1.165) is 96.3 Å². The molecule has 0 radical (unpaired) electrons. The molecule has 6 heteroatoms. The summed E-state index contributed by atoms with van der Waals surface area (Å²) in [7, 11) is 0. The van der Waals surface area contributed by atoms with E-state index in [0.29, 0.717) is 19.3 Å². The number of hydrogen-bond acceptors (Lipinski definition) is 6. The van der Waals surface area contributed by atoms with Crippen LogP contribution < -0.4 is 0 Å². The number of carbonyl (C=O) groups is 3. The highest BCUT2D eigenvalue weighted by Gasteiger charge is 2.19. The second-order valence-corrected chi connectivity index (χ2v) is 20.2. The van der Waals surface area contributed by atoms with Crippen LogP contribution in [-0.4, -0.2) is 37.2 Å². The fourth-order valence-electron chi connectivity index (χ4n) is 8.72. The van der Waals surface area contributed by atoms with Crippen LogP contribution in [0.15, 0.2) is 60.8 Å². The van der Waals surface area contributed by atoms with Gasteiger partial charge in [0.25, 0.3) is 0 Å². The van der Waals surface area contributed by atoms with Crippen LogP contribution in [0.5, 0.6) is 0 Å². The van der Waals surface area contributed by atoms with E-state index in [9.17, 15) is 14.4 Å². The summed E-state index contributed by atoms with van der Waals surface area (Å²) < 4.78 is 16.9. The summed E-state index contributed by atoms with van der Waals surface area (Å²) in [6.07, 6.45) is 73.7. The highest BCUT2D eigenvalue weighted by atomic mass is 16.6. The van der Waals surface area contributed by atoms with Crippen molar-refractivity contribution in [1.29, 1.82) is 0 Å². The number of rotatable bonds is 55. The van der Waals surface area contributed by atoms with Crippen molar-refractivity contribution in [2.45, 2.75) is 316 Å². The van der Waals surface area contributed by atoms with Crippen LogP contribution in [0.4, 0.5) is 0 Å². The summed E-state index contributed by atoms with van der Waals surface area (Å²) >= 11 is 0. The van der Waals surface area contributed by atoms with E-state index in [-0.39, 0.29) is 31.1 Å². The maximum absolute atomic E-state index is 12.9. The van der Waals surface area contributed by atoms with Gasteiger partial charge in [-0.15, -0.1) is 0 Å². The second-order valence-electron chi connectivity index (χ2n) is 20.2. The Morgan fingerprint density at radius 1 is 0.300 bits per heavy atom. The van der Waals surface area contributed by atoms with Crippen LogP contribution >= 0.6 is 0 Å². The lowest BCUT2D eigenvalue weighted by molar-refractivity contribution is -0.167. The average Bonchev–Trinajstić information content (AvgIpc) is 3.36. The molecule has 0 saturated carbocycles. The SMILES string of the molecule is CC/C=C\C/C=C\C/C=C\CCCCCC(=O)OCC(COC(=O)CCCCCCCCCCCCCCCCCCCCCCC)OC(=O)CCCCCCCCC/C=C\C/C=C\CCCCCC. The van der Waals surface area contributed by atoms with Crippen molar-refractivity contribution < 1.29 is 28.6 Å². The Morgan fingerprint density at radius 2 is 0.557 bits per heavy atom. The van der Waals surface area contributed by atoms with Crippen molar-refractivity contribution in [1.82, 2.24) is 0 Å². The Hall–Kier alpha value is -2.89. The molecule has 0 saturated heterocycles. The molecule has 0 amide bonds. The Bertz CT molecular complexity index is 1260. The first-order valence-electron chi connectivity index (χ1n) is 30.3. The van der Waals surface area contributed by atoms with Gasteiger partial charge in [-0.25, -0.2) is 0 Å². The maximum atomic E-state index is 12.9. The topological polar surface area (TPSA) is 78.9 Å². The van der Waals surface area contributed by atoms with Gasteiger partial charge >= 0.3 is 17.9 Å². The molecule has 0 aromatic rings. The van der Waals surface area contributed by atoms with Gasteiger partial charge in [0, 0.05) is 19.3 Å². The fraction of sp³-hybridized carbons (Fsp3) is 0.797. The van der Waals surface area contributed by atoms with Crippen molar-refractivity contribution >= 4 is 17.9 Å². The van der Waals surface area contributed by atoms with Gasteiger partial charge < -0.3 is 14.2 Å². The molecule has 0 aromatic heterocycles. The minimum absolute atomic E-state index is 0.0842. The van der Waals surface area contributed by atoms with E-state index >= 15 is 0 Å². The van der Waals surface area contributed by atoms with Gasteiger partial charge in [0.05, 0.1) is 0 Å². The third kappa shape index (κ3) is 56.0. The highest BCUT2D eigenvalue weighted by Crippen LogP contribution is 2.17. The van der Waals surface area contributed by atoms with Crippen molar-refractivity contribution in [3.05, 3.63) is 60.8 Å². The third-order valence-electron chi connectivity index (χ3n) is 13.3. The Labute approximate surface area is 434 Å². The number of esters is 3. The number of allylic oxidation sites excluding steroid dienone is 10. The van der Waals surface area contributed by atoms with Crippen molar-refractivity contribution in [3.8, 4) is 0 Å². The predicted octanol–water partition coefficient (Wildman–Crippen LogP) is 20.4. The first-order chi connectivity index (χ1) is 34.5. The zero-order valence-corrected chi connectivity index (χ0v) is 46.5. The predicted molar refractivity (Wildman–Crippen MR) is 302 cm³/mol. The van der Waals surface area contributed by atoms with Gasteiger partial charge in [-0.05, 0) is 83.5 Å². The summed E-state index contributed by atoms with van der Waals surface area (Å²) in [6.45, 7) is 6.52. The van der Waals surface area contributed by atoms with Crippen LogP contribution in [0.3, 0.4) is 0 Å². The molecule has 1 unspecified atom stereocenters. The molecule has 70 heavy (non-hydrogen) atoms. The fourth-order valence-corrected chi connectivity index (χ4v) is 8.72. The van der Waals surface area contributed by atoms with Gasteiger partial charge in [-0.3, -0.25) is 14.4 Å². The molecule has 6 nitrogen and oxygen atoms in total. The van der Waals surface area contributed by atoms with Crippen LogP contribution in [0, 0.1) is 0 Å². The van der Waals surface area contributed by atoms with E-state index in [1.807, 2.05) is 0 Å². The number of ether oxygens (including phenoxy) is 3. The molecule has 0 fully saturated rings. The van der Waals surface area contributed by atoms with E-state index < -0.39 is 6.10 Å². The molecule has 0 aliphatic rings. The Morgan fingerprint density at radius 3 is 0.900 bits per heavy atom. The van der Waals surface area contributed by atoms with Crippen molar-refractivity contribution in [2.24, 2.45) is 0 Å². The monoisotopic (exact) mass is 979 g/mol. The van der Waals surface area contributed by atoms with Crippen molar-refractivity contribution in [3.63, 3.8) is 0 Å². The van der Waals surface area contributed by atoms with Crippen LogP contribution in [0.1, 0.15) is 310 Å². The summed E-state index contributed by atoms with van der Waals surface area (Å²) in [5.74, 6) is -0.908. The molecule has 0 aliphatic heterocycles. The van der Waals surface area contributed by atoms with Gasteiger partial charge in [-0.1, -0.05) is 268 Å². The van der Waals surface area contributed by atoms with Crippen LogP contribution in [0.2, 0.25) is 0 Å². The van der Waals surface area contributed by atoms with E-state index in [4.69, 9.17) is 14.2 Å². The van der Waals surface area contributed by atoms with Crippen molar-refractivity contribution in [2.75, 3.05) is 13.2 Å². The molecule has 0 aromatic carbocycles. The minimum Gasteiger partial charge on any atom is -0.462 e. The van der Waals surface area contributed by atoms with Gasteiger partial charge in [0.2, 0.25) is 0 Å². The van der Waals surface area contributed by atoms with Crippen LogP contribution in [-0.2, 0) is 28.6 Å². The van der Waals surface area contributed by atoms with Gasteiger partial charge in [-0.2, -0.15) is 0 Å². The van der Waals surface area contributed by atoms with E-state index in [1.165, 1.54) is 173 Å². The quantitative estimate of drug-likeness (QED) is 0.0261. The number of unbranched alkanes of at least 4 members (excludes halogenated alkanes) is 34. The normalized spacial score (nSPS) is 12.4. The van der Waals surface area contributed by atoms with Gasteiger partial charge in [0.15, 0.2) is 6.10 Å². The summed E-state index contributed by atoms with van der Waals surface area (Å²) in [4.78, 5) is 38.2. The zero-order chi connectivity index (χ0) is 50.7. The third-order valence-corrected chi connectivity index (χ3v) is 13.3. The minimum atomic E-state index is -0.789. The molecule has 0 aliphatic carbocycles. The number of carbonyl (C=O) groups excluding carboxylic acids is 3. The largest absolute Gasteiger partial charge is 0.462 e. The second kappa shape index (κ2) is 58.7. The molecule has 0 heterocycles. The highest BCUT2D eigenvalue weighted by molar-refractivity contribution is 5.71. The molecule has 0 bridgehead atoms.